The second-order valence-corrected chi connectivity index (χ2v) is 5.17. The first-order chi connectivity index (χ1) is 10.6. The van der Waals surface area contributed by atoms with Crippen LogP contribution in [0.2, 0.25) is 0 Å². The molecule has 1 aliphatic heterocycles. The highest BCUT2D eigenvalue weighted by Crippen LogP contribution is 2.48. The molecule has 0 radical (unpaired) electrons. The number of Topliss-reactive ketones (excluding diaryl/α,β-unsaturated/α-hetero) is 2. The van der Waals surface area contributed by atoms with E-state index in [2.05, 4.69) is 4.98 Å². The maximum Gasteiger partial charge on any atom is 0.436 e. The van der Waals surface area contributed by atoms with Crippen LogP contribution in [0, 0.1) is 10.1 Å². The fourth-order valence-corrected chi connectivity index (χ4v) is 2.77. The molecule has 0 aromatic carbocycles. The molecule has 11 heteroatoms. The van der Waals surface area contributed by atoms with Crippen LogP contribution in [0.3, 0.4) is 0 Å². The molecule has 1 aliphatic rings. The Hall–Kier alpha value is -2.24. The number of aromatic nitrogens is 2. The molecule has 1 aromatic heterocycles. The van der Waals surface area contributed by atoms with Crippen LogP contribution < -0.4 is 0 Å². The maximum atomic E-state index is 13.2. The summed E-state index contributed by atoms with van der Waals surface area (Å²) in [4.78, 5) is 37.3. The lowest BCUT2D eigenvalue weighted by molar-refractivity contribution is -0.399. The van der Waals surface area contributed by atoms with Gasteiger partial charge in [0.25, 0.3) is 0 Å². The van der Waals surface area contributed by atoms with E-state index in [9.17, 15) is 34.3 Å². The monoisotopic (exact) mass is 331 g/mol. The Balaban J connectivity index is 2.69. The summed E-state index contributed by atoms with van der Waals surface area (Å²) in [5, 5.41) is 32.2. The summed E-state index contributed by atoms with van der Waals surface area (Å²) in [6, 6.07) is 0. The predicted molar refractivity (Wildman–Crippen MR) is 70.0 cm³/mol. The number of nitro groups is 1. The van der Waals surface area contributed by atoms with Crippen molar-refractivity contribution in [1.29, 1.82) is 0 Å². The molecule has 1 aromatic rings. The fourth-order valence-electron chi connectivity index (χ4n) is 2.77. The van der Waals surface area contributed by atoms with Gasteiger partial charge in [-0.25, -0.2) is 4.39 Å². The number of carbonyl (C=O) groups is 2. The van der Waals surface area contributed by atoms with Crippen molar-refractivity contribution in [2.45, 2.75) is 37.4 Å². The Morgan fingerprint density at radius 2 is 2.00 bits per heavy atom. The molecular weight excluding hydrogens is 317 g/mol. The van der Waals surface area contributed by atoms with E-state index in [0.717, 1.165) is 26.2 Å². The van der Waals surface area contributed by atoms with E-state index in [-0.39, 0.29) is 0 Å². The Morgan fingerprint density at radius 1 is 1.43 bits per heavy atom. The molecule has 23 heavy (non-hydrogen) atoms. The SMILES string of the molecule is CC(=O)[C@@]1(O)[C@@H](CF)O[C@@H](n2ccnc2[N+](=O)[O-])[C@]1(O)C(C)=O. The van der Waals surface area contributed by atoms with E-state index in [0.29, 0.717) is 4.57 Å². The van der Waals surface area contributed by atoms with Gasteiger partial charge in [0.05, 0.1) is 0 Å². The summed E-state index contributed by atoms with van der Waals surface area (Å²) in [6.07, 6.45) is -1.76. The van der Waals surface area contributed by atoms with Crippen molar-refractivity contribution in [3.63, 3.8) is 0 Å². The minimum atomic E-state index is -2.92. The first-order valence-corrected chi connectivity index (χ1v) is 6.47. The quantitative estimate of drug-likeness (QED) is 0.532. The summed E-state index contributed by atoms with van der Waals surface area (Å²) >= 11 is 0. The highest BCUT2D eigenvalue weighted by atomic mass is 19.1. The second kappa shape index (κ2) is 5.44. The van der Waals surface area contributed by atoms with Crippen LogP contribution >= 0.6 is 0 Å². The number of rotatable bonds is 5. The minimum absolute atomic E-state index is 0.658. The minimum Gasteiger partial charge on any atom is -0.390 e. The van der Waals surface area contributed by atoms with Crippen LogP contribution in [0.25, 0.3) is 0 Å². The summed E-state index contributed by atoms with van der Waals surface area (Å²) < 4.78 is 19.0. The van der Waals surface area contributed by atoms with Crippen molar-refractivity contribution in [2.24, 2.45) is 0 Å². The van der Waals surface area contributed by atoms with Gasteiger partial charge in [-0.3, -0.25) is 9.59 Å². The molecule has 2 heterocycles. The number of alkyl halides is 1. The van der Waals surface area contributed by atoms with Crippen LogP contribution in [0.4, 0.5) is 10.3 Å². The van der Waals surface area contributed by atoms with Gasteiger partial charge in [0.15, 0.2) is 17.2 Å². The summed E-state index contributed by atoms with van der Waals surface area (Å²) in [6.45, 7) is 0.308. The van der Waals surface area contributed by atoms with Crippen molar-refractivity contribution in [3.05, 3.63) is 22.5 Å². The molecule has 1 fully saturated rings. The van der Waals surface area contributed by atoms with Gasteiger partial charge in [0.2, 0.25) is 11.8 Å². The number of ether oxygens (including phenoxy) is 1. The average Bonchev–Trinajstić information content (AvgIpc) is 3.03. The first kappa shape index (κ1) is 17.1. The van der Waals surface area contributed by atoms with Crippen LogP contribution in [0.5, 0.6) is 0 Å². The van der Waals surface area contributed by atoms with Gasteiger partial charge < -0.3 is 25.1 Å². The molecular formula is C12H14FN3O7. The van der Waals surface area contributed by atoms with Crippen LogP contribution in [0.15, 0.2) is 12.4 Å². The molecule has 0 amide bonds. The van der Waals surface area contributed by atoms with E-state index in [1.54, 1.807) is 0 Å². The molecule has 126 valence electrons. The summed E-state index contributed by atoms with van der Waals surface area (Å²) in [5.41, 5.74) is -5.81. The Bertz CT molecular complexity index is 677. The van der Waals surface area contributed by atoms with E-state index >= 15 is 0 Å². The molecule has 1 saturated heterocycles. The largest absolute Gasteiger partial charge is 0.436 e. The smallest absolute Gasteiger partial charge is 0.390 e. The Morgan fingerprint density at radius 3 is 2.43 bits per heavy atom. The Labute approximate surface area is 128 Å². The van der Waals surface area contributed by atoms with Gasteiger partial charge in [-0.15, -0.1) is 0 Å². The van der Waals surface area contributed by atoms with Gasteiger partial charge in [-0.2, -0.15) is 4.57 Å². The molecule has 0 spiro atoms. The number of nitrogens with zero attached hydrogens (tertiary/aromatic N) is 3. The van der Waals surface area contributed by atoms with Crippen LogP contribution in [0.1, 0.15) is 20.1 Å². The molecule has 0 unspecified atom stereocenters. The molecule has 2 rings (SSSR count). The van der Waals surface area contributed by atoms with Crippen LogP contribution in [-0.4, -0.2) is 60.2 Å². The van der Waals surface area contributed by atoms with E-state index in [4.69, 9.17) is 4.74 Å². The normalized spacial score (nSPS) is 33.6. The highest BCUT2D eigenvalue weighted by molar-refractivity contribution is 5.98. The Kier molecular flexibility index (Phi) is 4.05. The van der Waals surface area contributed by atoms with Crippen molar-refractivity contribution >= 4 is 17.5 Å². The number of halogens is 1. The fraction of sp³-hybridized carbons (Fsp3) is 0.583. The van der Waals surface area contributed by atoms with Gasteiger partial charge in [0, 0.05) is 0 Å². The third kappa shape index (κ3) is 2.08. The lowest BCUT2D eigenvalue weighted by atomic mass is 9.75. The second-order valence-electron chi connectivity index (χ2n) is 5.17. The zero-order valence-electron chi connectivity index (χ0n) is 12.2. The van der Waals surface area contributed by atoms with Crippen molar-refractivity contribution < 1.29 is 33.9 Å². The number of carbonyl (C=O) groups excluding carboxylic acids is 2. The number of imidazole rings is 1. The van der Waals surface area contributed by atoms with Gasteiger partial charge in [-0.1, -0.05) is 4.98 Å². The third-order valence-corrected chi connectivity index (χ3v) is 3.98. The first-order valence-electron chi connectivity index (χ1n) is 6.47. The lowest BCUT2D eigenvalue weighted by Gasteiger charge is -2.35. The number of aliphatic hydroxyl groups is 2. The van der Waals surface area contributed by atoms with Crippen molar-refractivity contribution in [1.82, 2.24) is 9.55 Å². The molecule has 0 saturated carbocycles. The molecule has 10 nitrogen and oxygen atoms in total. The zero-order valence-corrected chi connectivity index (χ0v) is 12.2. The van der Waals surface area contributed by atoms with Gasteiger partial charge in [-0.05, 0) is 18.8 Å². The third-order valence-electron chi connectivity index (χ3n) is 3.98. The van der Waals surface area contributed by atoms with E-state index in [1.165, 1.54) is 0 Å². The molecule has 0 aliphatic carbocycles. The van der Waals surface area contributed by atoms with Crippen molar-refractivity contribution in [2.75, 3.05) is 6.67 Å². The average molecular weight is 331 g/mol. The lowest BCUT2D eigenvalue weighted by Crippen LogP contribution is -2.65. The number of ketones is 2. The highest BCUT2D eigenvalue weighted by Gasteiger charge is 2.73. The maximum absolute atomic E-state index is 13.2. The molecule has 4 atom stereocenters. The van der Waals surface area contributed by atoms with Gasteiger partial charge in [0.1, 0.15) is 25.2 Å². The molecule has 2 N–H and O–H groups in total. The predicted octanol–water partition coefficient (Wildman–Crippen LogP) is -0.702. The van der Waals surface area contributed by atoms with Gasteiger partial charge >= 0.3 is 5.95 Å². The molecule has 0 bridgehead atoms. The summed E-state index contributed by atoms with van der Waals surface area (Å²) in [7, 11) is 0. The topological polar surface area (TPSA) is 145 Å². The number of hydrogen-bond donors (Lipinski definition) is 2. The summed E-state index contributed by atoms with van der Waals surface area (Å²) in [5.74, 6) is -3.03. The van der Waals surface area contributed by atoms with E-state index < -0.39 is 52.6 Å². The standard InChI is InChI=1S/C12H14FN3O7/c1-6(17)11(19)8(5-13)23-9(12(11,20)7(2)18)15-4-3-14-10(15)16(21)22/h3-4,8-9,19-20H,5H2,1-2H3/t8-,9-,11-,12-/m1/s1. The zero-order chi connectivity index (χ0) is 17.6. The number of hydrogen-bond acceptors (Lipinski definition) is 8. The van der Waals surface area contributed by atoms with Crippen LogP contribution in [-0.2, 0) is 14.3 Å². The van der Waals surface area contributed by atoms with E-state index in [1.807, 2.05) is 0 Å². The van der Waals surface area contributed by atoms with Crippen molar-refractivity contribution in [3.8, 4) is 0 Å².